The molecule has 1 aromatic carbocycles. The molecule has 0 aliphatic heterocycles. The Labute approximate surface area is 101 Å². The van der Waals surface area contributed by atoms with Gasteiger partial charge >= 0.3 is 0 Å². The lowest BCUT2D eigenvalue weighted by Gasteiger charge is -2.12. The predicted molar refractivity (Wildman–Crippen MR) is 69.3 cm³/mol. The van der Waals surface area contributed by atoms with Crippen LogP contribution in [0.1, 0.15) is 12.5 Å². The Hall–Kier alpha value is -0.870. The van der Waals surface area contributed by atoms with E-state index in [1.165, 1.54) is 0 Å². The van der Waals surface area contributed by atoms with E-state index < -0.39 is 0 Å². The van der Waals surface area contributed by atoms with Crippen LogP contribution < -0.4 is 10.1 Å². The molecule has 0 saturated carbocycles. The number of phenolic OH excluding ortho intramolecular Hbond substituents is 1. The summed E-state index contributed by atoms with van der Waals surface area (Å²) >= 11 is 1.82. The van der Waals surface area contributed by atoms with Gasteiger partial charge in [-0.15, -0.1) is 0 Å². The summed E-state index contributed by atoms with van der Waals surface area (Å²) in [5.74, 6) is 0.756. The van der Waals surface area contributed by atoms with Crippen molar-refractivity contribution >= 4 is 11.8 Å². The van der Waals surface area contributed by atoms with E-state index in [4.69, 9.17) is 4.74 Å². The summed E-state index contributed by atoms with van der Waals surface area (Å²) in [5.41, 5.74) is 0.868. The molecule has 1 unspecified atom stereocenters. The lowest BCUT2D eigenvalue weighted by atomic mass is 10.2. The molecule has 0 bridgehead atoms. The second-order valence-corrected chi connectivity index (χ2v) is 4.92. The zero-order chi connectivity index (χ0) is 12.0. The number of para-hydroxylation sites is 1. The fourth-order valence-corrected chi connectivity index (χ4v) is 1.65. The number of phenols is 1. The zero-order valence-corrected chi connectivity index (χ0v) is 10.8. The molecule has 2 N–H and O–H groups in total. The first kappa shape index (κ1) is 13.2. The molecule has 90 valence electrons. The minimum atomic E-state index is 0.231. The summed E-state index contributed by atoms with van der Waals surface area (Å²) in [6.07, 6.45) is 2.09. The predicted octanol–water partition coefficient (Wildman–Crippen LogP) is 2.24. The first-order chi connectivity index (χ1) is 7.69. The van der Waals surface area contributed by atoms with Gasteiger partial charge in [0.05, 0.1) is 7.11 Å². The third-order valence-corrected chi connectivity index (χ3v) is 3.42. The van der Waals surface area contributed by atoms with Crippen molar-refractivity contribution in [3.8, 4) is 11.5 Å². The summed E-state index contributed by atoms with van der Waals surface area (Å²) in [6.45, 7) is 3.76. The molecule has 0 spiro atoms. The average molecular weight is 241 g/mol. The Morgan fingerprint density at radius 3 is 2.88 bits per heavy atom. The maximum atomic E-state index is 9.84. The molecular weight excluding hydrogens is 222 g/mol. The van der Waals surface area contributed by atoms with Gasteiger partial charge in [-0.1, -0.05) is 19.1 Å². The van der Waals surface area contributed by atoms with Gasteiger partial charge in [0.15, 0.2) is 11.5 Å². The summed E-state index contributed by atoms with van der Waals surface area (Å²) in [5, 5.41) is 13.7. The molecule has 0 fully saturated rings. The number of thioether (sulfide) groups is 1. The zero-order valence-electron chi connectivity index (χ0n) is 9.99. The molecule has 1 aromatic rings. The Morgan fingerprint density at radius 2 is 2.25 bits per heavy atom. The van der Waals surface area contributed by atoms with E-state index in [9.17, 15) is 5.11 Å². The smallest absolute Gasteiger partial charge is 0.162 e. The van der Waals surface area contributed by atoms with Crippen LogP contribution in [0.15, 0.2) is 18.2 Å². The molecule has 0 amide bonds. The van der Waals surface area contributed by atoms with Crippen molar-refractivity contribution in [3.63, 3.8) is 0 Å². The van der Waals surface area contributed by atoms with Crippen LogP contribution in [0.5, 0.6) is 11.5 Å². The van der Waals surface area contributed by atoms with Gasteiger partial charge in [-0.25, -0.2) is 0 Å². The summed E-state index contributed by atoms with van der Waals surface area (Å²) in [7, 11) is 1.56. The minimum absolute atomic E-state index is 0.231. The fourth-order valence-electron chi connectivity index (χ4n) is 1.37. The number of ether oxygens (including phenoxy) is 1. The molecule has 0 aromatic heterocycles. The Kier molecular flexibility index (Phi) is 5.49. The highest BCUT2D eigenvalue weighted by Gasteiger charge is 2.07. The summed E-state index contributed by atoms with van der Waals surface area (Å²) in [4.78, 5) is 0. The van der Waals surface area contributed by atoms with Gasteiger partial charge < -0.3 is 15.2 Å². The Balaban J connectivity index is 2.54. The van der Waals surface area contributed by atoms with Gasteiger partial charge in [0.2, 0.25) is 0 Å². The van der Waals surface area contributed by atoms with E-state index in [0.29, 0.717) is 17.5 Å². The molecular formula is C12H19NO2S. The van der Waals surface area contributed by atoms with Crippen LogP contribution in [0, 0.1) is 0 Å². The monoisotopic (exact) mass is 241 g/mol. The van der Waals surface area contributed by atoms with Crippen LogP contribution in [0.4, 0.5) is 0 Å². The highest BCUT2D eigenvalue weighted by atomic mass is 32.2. The van der Waals surface area contributed by atoms with E-state index >= 15 is 0 Å². The maximum absolute atomic E-state index is 9.84. The largest absolute Gasteiger partial charge is 0.504 e. The van der Waals surface area contributed by atoms with Gasteiger partial charge in [-0.3, -0.25) is 0 Å². The third-order valence-electron chi connectivity index (χ3n) is 2.45. The van der Waals surface area contributed by atoms with E-state index in [-0.39, 0.29) is 5.75 Å². The van der Waals surface area contributed by atoms with Crippen LogP contribution in [-0.4, -0.2) is 30.3 Å². The lowest BCUT2D eigenvalue weighted by molar-refractivity contribution is 0.369. The molecule has 4 heteroatoms. The van der Waals surface area contributed by atoms with Crippen LogP contribution in [-0.2, 0) is 6.54 Å². The molecule has 1 rings (SSSR count). The first-order valence-electron chi connectivity index (χ1n) is 5.27. The maximum Gasteiger partial charge on any atom is 0.162 e. The van der Waals surface area contributed by atoms with Crippen molar-refractivity contribution in [1.82, 2.24) is 5.32 Å². The second-order valence-electron chi connectivity index (χ2n) is 3.65. The molecule has 0 saturated heterocycles. The number of nitrogens with one attached hydrogen (secondary N) is 1. The Bertz CT molecular complexity index is 331. The van der Waals surface area contributed by atoms with Crippen molar-refractivity contribution in [1.29, 1.82) is 0 Å². The van der Waals surface area contributed by atoms with Gasteiger partial charge in [0, 0.05) is 23.9 Å². The number of hydrogen-bond acceptors (Lipinski definition) is 4. The average Bonchev–Trinajstić information content (AvgIpc) is 2.31. The van der Waals surface area contributed by atoms with Crippen molar-refractivity contribution in [2.75, 3.05) is 19.9 Å². The number of rotatable bonds is 6. The molecule has 0 radical (unpaired) electrons. The van der Waals surface area contributed by atoms with Gasteiger partial charge in [-0.2, -0.15) is 11.8 Å². The van der Waals surface area contributed by atoms with E-state index in [0.717, 1.165) is 12.1 Å². The van der Waals surface area contributed by atoms with Crippen molar-refractivity contribution in [3.05, 3.63) is 23.8 Å². The van der Waals surface area contributed by atoms with Crippen molar-refractivity contribution in [2.24, 2.45) is 0 Å². The number of methoxy groups -OCH3 is 1. The normalized spacial score (nSPS) is 12.4. The minimum Gasteiger partial charge on any atom is -0.504 e. The molecule has 3 nitrogen and oxygen atoms in total. The topological polar surface area (TPSA) is 41.5 Å². The molecule has 0 aliphatic carbocycles. The number of aromatic hydroxyl groups is 1. The van der Waals surface area contributed by atoms with E-state index in [2.05, 4.69) is 18.5 Å². The van der Waals surface area contributed by atoms with Crippen LogP contribution in [0.2, 0.25) is 0 Å². The van der Waals surface area contributed by atoms with Crippen LogP contribution in [0.3, 0.4) is 0 Å². The van der Waals surface area contributed by atoms with Crippen molar-refractivity contribution < 1.29 is 9.84 Å². The van der Waals surface area contributed by atoms with Gasteiger partial charge in [-0.05, 0) is 12.3 Å². The van der Waals surface area contributed by atoms with Crippen LogP contribution in [0.25, 0.3) is 0 Å². The quantitative estimate of drug-likeness (QED) is 0.801. The van der Waals surface area contributed by atoms with Crippen LogP contribution >= 0.6 is 11.8 Å². The highest BCUT2D eigenvalue weighted by molar-refractivity contribution is 7.99. The SMILES string of the molecule is COc1cccc(CNCC(C)SC)c1O. The first-order valence-corrected chi connectivity index (χ1v) is 6.56. The second kappa shape index (κ2) is 6.66. The van der Waals surface area contributed by atoms with Gasteiger partial charge in [0.1, 0.15) is 0 Å². The third kappa shape index (κ3) is 3.61. The summed E-state index contributed by atoms with van der Waals surface area (Å²) in [6, 6.07) is 5.53. The van der Waals surface area contributed by atoms with Crippen molar-refractivity contribution in [2.45, 2.75) is 18.7 Å². The Morgan fingerprint density at radius 1 is 1.50 bits per heavy atom. The van der Waals surface area contributed by atoms with E-state index in [1.807, 2.05) is 23.9 Å². The molecule has 0 heterocycles. The lowest BCUT2D eigenvalue weighted by Crippen LogP contribution is -2.22. The molecule has 0 aliphatic rings. The standard InChI is InChI=1S/C12H19NO2S/c1-9(16-3)7-13-8-10-5-4-6-11(15-2)12(10)14/h4-6,9,13-14H,7-8H2,1-3H3. The fraction of sp³-hybridized carbons (Fsp3) is 0.500. The van der Waals surface area contributed by atoms with E-state index in [1.54, 1.807) is 13.2 Å². The highest BCUT2D eigenvalue weighted by Crippen LogP contribution is 2.29. The number of hydrogen-bond donors (Lipinski definition) is 2. The van der Waals surface area contributed by atoms with Gasteiger partial charge in [0.25, 0.3) is 0 Å². The summed E-state index contributed by atoms with van der Waals surface area (Å²) < 4.78 is 5.05. The number of benzene rings is 1. The molecule has 1 atom stereocenters. The molecule has 16 heavy (non-hydrogen) atoms.